The molecule has 0 radical (unpaired) electrons. The maximum Gasteiger partial charge on any atom is 0.251 e. The zero-order valence-electron chi connectivity index (χ0n) is 18.1. The molecule has 30 heavy (non-hydrogen) atoms. The summed E-state index contributed by atoms with van der Waals surface area (Å²) in [7, 11) is 0. The number of nitrogens with one attached hydrogen (secondary N) is 1. The van der Waals surface area contributed by atoms with E-state index in [4.69, 9.17) is 4.98 Å². The van der Waals surface area contributed by atoms with E-state index < -0.39 is 0 Å². The molecule has 0 bridgehead atoms. The number of aromatic nitrogens is 2. The maximum atomic E-state index is 12.4. The van der Waals surface area contributed by atoms with Crippen molar-refractivity contribution < 1.29 is 4.79 Å². The minimum Gasteiger partial charge on any atom is -0.352 e. The first-order chi connectivity index (χ1) is 14.7. The molecule has 1 N–H and O–H groups in total. The molecular weight excluding hydrogens is 370 g/mol. The SMILES string of the molecule is Cc1cccc(C(=O)NCCCc2nc3ccccc3n2CCC2CCCCC2)c1. The van der Waals surface area contributed by atoms with Gasteiger partial charge in [-0.1, -0.05) is 61.9 Å². The van der Waals surface area contributed by atoms with Crippen molar-refractivity contribution in [1.29, 1.82) is 0 Å². The predicted octanol–water partition coefficient (Wildman–Crippen LogP) is 5.68. The van der Waals surface area contributed by atoms with Crippen LogP contribution in [0.1, 0.15) is 66.7 Å². The second-order valence-electron chi connectivity index (χ2n) is 8.69. The van der Waals surface area contributed by atoms with E-state index in [0.29, 0.717) is 6.54 Å². The third-order valence-electron chi connectivity index (χ3n) is 6.36. The van der Waals surface area contributed by atoms with Crippen LogP contribution in [0.3, 0.4) is 0 Å². The van der Waals surface area contributed by atoms with Gasteiger partial charge < -0.3 is 9.88 Å². The summed E-state index contributed by atoms with van der Waals surface area (Å²) in [6.07, 6.45) is 9.98. The molecule has 0 spiro atoms. The Morgan fingerprint density at radius 3 is 2.77 bits per heavy atom. The van der Waals surface area contributed by atoms with Crippen molar-refractivity contribution in [3.8, 4) is 0 Å². The van der Waals surface area contributed by atoms with Gasteiger partial charge in [0.25, 0.3) is 5.91 Å². The van der Waals surface area contributed by atoms with E-state index in [1.54, 1.807) is 0 Å². The Morgan fingerprint density at radius 1 is 1.10 bits per heavy atom. The van der Waals surface area contributed by atoms with Crippen LogP contribution in [-0.2, 0) is 13.0 Å². The lowest BCUT2D eigenvalue weighted by atomic mass is 9.87. The number of fused-ring (bicyclic) bond motifs is 1. The number of nitrogens with zero attached hydrogens (tertiary/aromatic N) is 2. The first kappa shape index (κ1) is 20.6. The van der Waals surface area contributed by atoms with Crippen molar-refractivity contribution in [2.24, 2.45) is 5.92 Å². The van der Waals surface area contributed by atoms with E-state index in [1.807, 2.05) is 31.2 Å². The highest BCUT2D eigenvalue weighted by atomic mass is 16.1. The lowest BCUT2D eigenvalue weighted by Crippen LogP contribution is -2.25. The molecule has 4 rings (SSSR count). The smallest absolute Gasteiger partial charge is 0.251 e. The number of benzene rings is 2. The van der Waals surface area contributed by atoms with Gasteiger partial charge >= 0.3 is 0 Å². The van der Waals surface area contributed by atoms with Crippen molar-refractivity contribution in [3.63, 3.8) is 0 Å². The Hall–Kier alpha value is -2.62. The van der Waals surface area contributed by atoms with Crippen molar-refractivity contribution in [1.82, 2.24) is 14.9 Å². The van der Waals surface area contributed by atoms with Crippen LogP contribution in [-0.4, -0.2) is 22.0 Å². The fourth-order valence-electron chi connectivity index (χ4n) is 4.69. The largest absolute Gasteiger partial charge is 0.352 e. The van der Waals surface area contributed by atoms with Gasteiger partial charge in [0.15, 0.2) is 0 Å². The van der Waals surface area contributed by atoms with Gasteiger partial charge in [-0.2, -0.15) is 0 Å². The number of carbonyl (C=O) groups excluding carboxylic acids is 1. The molecule has 0 saturated heterocycles. The van der Waals surface area contributed by atoms with Crippen LogP contribution in [0.15, 0.2) is 48.5 Å². The van der Waals surface area contributed by atoms with Crippen LogP contribution in [0.5, 0.6) is 0 Å². The summed E-state index contributed by atoms with van der Waals surface area (Å²) in [5, 5.41) is 3.06. The summed E-state index contributed by atoms with van der Waals surface area (Å²) < 4.78 is 2.42. The third-order valence-corrected chi connectivity index (χ3v) is 6.36. The number of hydrogen-bond donors (Lipinski definition) is 1. The fraction of sp³-hybridized carbons (Fsp3) is 0.462. The summed E-state index contributed by atoms with van der Waals surface area (Å²) in [5.74, 6) is 2.02. The molecule has 1 aliphatic carbocycles. The minimum atomic E-state index is 0.00417. The molecule has 0 aliphatic heterocycles. The Morgan fingerprint density at radius 2 is 1.93 bits per heavy atom. The lowest BCUT2D eigenvalue weighted by Gasteiger charge is -2.22. The standard InChI is InChI=1S/C26H33N3O/c1-20-9-7-12-22(19-20)26(30)27-17-8-15-25-28-23-13-5-6-14-24(23)29(25)18-16-21-10-3-2-4-11-21/h5-7,9,12-14,19,21H,2-4,8,10-11,15-18H2,1H3,(H,27,30). The van der Waals surface area contributed by atoms with Crippen LogP contribution in [0.25, 0.3) is 11.0 Å². The van der Waals surface area contributed by atoms with Crippen LogP contribution >= 0.6 is 0 Å². The second kappa shape index (κ2) is 9.92. The van der Waals surface area contributed by atoms with Crippen LogP contribution < -0.4 is 5.32 Å². The molecule has 0 unspecified atom stereocenters. The van der Waals surface area contributed by atoms with E-state index in [0.717, 1.165) is 47.8 Å². The molecule has 2 aromatic carbocycles. The molecule has 3 aromatic rings. The minimum absolute atomic E-state index is 0.00417. The Balaban J connectivity index is 1.36. The first-order valence-electron chi connectivity index (χ1n) is 11.5. The monoisotopic (exact) mass is 403 g/mol. The van der Waals surface area contributed by atoms with Crippen molar-refractivity contribution in [2.75, 3.05) is 6.54 Å². The van der Waals surface area contributed by atoms with Gasteiger partial charge in [-0.3, -0.25) is 4.79 Å². The van der Waals surface area contributed by atoms with Gasteiger partial charge in [-0.05, 0) is 49.9 Å². The van der Waals surface area contributed by atoms with Crippen molar-refractivity contribution >= 4 is 16.9 Å². The van der Waals surface area contributed by atoms with E-state index >= 15 is 0 Å². The van der Waals surface area contributed by atoms with E-state index in [1.165, 1.54) is 44.0 Å². The Kier molecular flexibility index (Phi) is 6.83. The molecule has 4 heteroatoms. The first-order valence-corrected chi connectivity index (χ1v) is 11.5. The summed E-state index contributed by atoms with van der Waals surface area (Å²) >= 11 is 0. The molecular formula is C26H33N3O. The summed E-state index contributed by atoms with van der Waals surface area (Å²) in [6, 6.07) is 16.2. The molecule has 1 saturated carbocycles. The highest BCUT2D eigenvalue weighted by Gasteiger charge is 2.16. The number of amides is 1. The fourth-order valence-corrected chi connectivity index (χ4v) is 4.69. The molecule has 0 atom stereocenters. The Bertz CT molecular complexity index is 985. The molecule has 1 amide bonds. The average Bonchev–Trinajstić information content (AvgIpc) is 3.13. The molecule has 1 heterocycles. The van der Waals surface area contributed by atoms with E-state index in [-0.39, 0.29) is 5.91 Å². The number of imidazole rings is 1. The average molecular weight is 404 g/mol. The zero-order valence-corrected chi connectivity index (χ0v) is 18.1. The summed E-state index contributed by atoms with van der Waals surface area (Å²) in [6.45, 7) is 3.73. The van der Waals surface area contributed by atoms with Gasteiger partial charge in [0.2, 0.25) is 0 Å². The maximum absolute atomic E-state index is 12.4. The number of rotatable bonds is 8. The van der Waals surface area contributed by atoms with Gasteiger partial charge in [-0.25, -0.2) is 4.98 Å². The summed E-state index contributed by atoms with van der Waals surface area (Å²) in [4.78, 5) is 17.3. The van der Waals surface area contributed by atoms with Crippen LogP contribution in [0.2, 0.25) is 0 Å². The van der Waals surface area contributed by atoms with E-state index in [9.17, 15) is 4.79 Å². The van der Waals surface area contributed by atoms with Crippen LogP contribution in [0.4, 0.5) is 0 Å². The molecule has 158 valence electrons. The highest BCUT2D eigenvalue weighted by molar-refractivity contribution is 5.94. The zero-order chi connectivity index (χ0) is 20.8. The topological polar surface area (TPSA) is 46.9 Å². The normalized spacial score (nSPS) is 14.8. The third kappa shape index (κ3) is 5.10. The molecule has 4 nitrogen and oxygen atoms in total. The number of carbonyl (C=O) groups is 1. The second-order valence-corrected chi connectivity index (χ2v) is 8.69. The van der Waals surface area contributed by atoms with Gasteiger partial charge in [0, 0.05) is 25.1 Å². The summed E-state index contributed by atoms with van der Waals surface area (Å²) in [5.41, 5.74) is 4.16. The molecule has 1 aliphatic rings. The lowest BCUT2D eigenvalue weighted by molar-refractivity contribution is 0.0953. The van der Waals surface area contributed by atoms with Crippen molar-refractivity contribution in [3.05, 3.63) is 65.5 Å². The van der Waals surface area contributed by atoms with Crippen LogP contribution in [0, 0.1) is 12.8 Å². The molecule has 1 aromatic heterocycles. The van der Waals surface area contributed by atoms with Gasteiger partial charge in [0.1, 0.15) is 5.82 Å². The number of aryl methyl sites for hydroxylation is 3. The van der Waals surface area contributed by atoms with Gasteiger partial charge in [0.05, 0.1) is 11.0 Å². The number of hydrogen-bond acceptors (Lipinski definition) is 2. The Labute approximate surface area is 179 Å². The van der Waals surface area contributed by atoms with Gasteiger partial charge in [-0.15, -0.1) is 0 Å². The van der Waals surface area contributed by atoms with Crippen molar-refractivity contribution in [2.45, 2.75) is 64.8 Å². The highest BCUT2D eigenvalue weighted by Crippen LogP contribution is 2.28. The quantitative estimate of drug-likeness (QED) is 0.492. The van der Waals surface area contributed by atoms with E-state index in [2.05, 4.69) is 34.1 Å². The molecule has 1 fully saturated rings. The number of para-hydroxylation sites is 2. The predicted molar refractivity (Wildman–Crippen MR) is 123 cm³/mol.